The predicted molar refractivity (Wildman–Crippen MR) is 78.6 cm³/mol. The molecule has 0 aliphatic heterocycles. The number of rotatable bonds is 7. The molecular formula is C15H24N2O2. The van der Waals surface area contributed by atoms with Crippen LogP contribution in [0.1, 0.15) is 34.1 Å². The number of nitrogens with one attached hydrogen (secondary N) is 2. The molecule has 1 unspecified atom stereocenters. The third-order valence-electron chi connectivity index (χ3n) is 2.73. The number of carbonyl (C=O) groups excluding carboxylic acids is 1. The topological polar surface area (TPSA) is 50.4 Å². The zero-order chi connectivity index (χ0) is 14.3. The zero-order valence-corrected chi connectivity index (χ0v) is 12.2. The molecule has 106 valence electrons. The van der Waals surface area contributed by atoms with Gasteiger partial charge in [-0.2, -0.15) is 0 Å². The monoisotopic (exact) mass is 264 g/mol. The Labute approximate surface area is 115 Å². The Hall–Kier alpha value is -1.55. The van der Waals surface area contributed by atoms with E-state index in [-0.39, 0.29) is 12.0 Å². The highest BCUT2D eigenvalue weighted by molar-refractivity contribution is 5.92. The summed E-state index contributed by atoms with van der Waals surface area (Å²) in [6.07, 6.45) is 1.16. The molecule has 4 nitrogen and oxygen atoms in total. The molecule has 1 amide bonds. The third kappa shape index (κ3) is 6.25. The van der Waals surface area contributed by atoms with Gasteiger partial charge in [0, 0.05) is 11.7 Å². The molecule has 0 aromatic heterocycles. The van der Waals surface area contributed by atoms with Crippen molar-refractivity contribution in [2.45, 2.75) is 46.3 Å². The van der Waals surface area contributed by atoms with Crippen LogP contribution in [0.15, 0.2) is 24.3 Å². The fraction of sp³-hybridized carbons (Fsp3) is 0.533. The van der Waals surface area contributed by atoms with Crippen molar-refractivity contribution in [1.29, 1.82) is 0 Å². The molecule has 0 spiro atoms. The van der Waals surface area contributed by atoms with Crippen LogP contribution in [0.3, 0.4) is 0 Å². The van der Waals surface area contributed by atoms with Gasteiger partial charge >= 0.3 is 0 Å². The molecule has 0 saturated heterocycles. The molecule has 1 aromatic rings. The summed E-state index contributed by atoms with van der Waals surface area (Å²) in [5, 5.41) is 6.00. The fourth-order valence-corrected chi connectivity index (χ4v) is 1.51. The number of ether oxygens (including phenoxy) is 1. The van der Waals surface area contributed by atoms with Gasteiger partial charge in [0.15, 0.2) is 0 Å². The lowest BCUT2D eigenvalue weighted by Gasteiger charge is -2.12. The van der Waals surface area contributed by atoms with E-state index in [9.17, 15) is 4.79 Å². The van der Waals surface area contributed by atoms with Gasteiger partial charge in [0.05, 0.1) is 12.6 Å². The number of hydrogen-bond acceptors (Lipinski definition) is 3. The maximum atomic E-state index is 11.7. The second-order valence-electron chi connectivity index (χ2n) is 4.93. The summed E-state index contributed by atoms with van der Waals surface area (Å²) in [6.45, 7) is 8.44. The normalized spacial score (nSPS) is 12.3. The van der Waals surface area contributed by atoms with Crippen LogP contribution < -0.4 is 15.4 Å². The van der Waals surface area contributed by atoms with E-state index >= 15 is 0 Å². The molecule has 0 aliphatic rings. The first-order chi connectivity index (χ1) is 9.01. The Morgan fingerprint density at radius 1 is 1.21 bits per heavy atom. The molecule has 0 saturated carbocycles. The van der Waals surface area contributed by atoms with Crippen LogP contribution in [-0.4, -0.2) is 24.6 Å². The maximum Gasteiger partial charge on any atom is 0.238 e. The van der Waals surface area contributed by atoms with Crippen molar-refractivity contribution in [3.63, 3.8) is 0 Å². The smallest absolute Gasteiger partial charge is 0.238 e. The quantitative estimate of drug-likeness (QED) is 0.796. The molecule has 2 N–H and O–H groups in total. The summed E-state index contributed by atoms with van der Waals surface area (Å²) in [5.74, 6) is 0.781. The molecule has 0 aliphatic carbocycles. The van der Waals surface area contributed by atoms with Crippen LogP contribution in [0.5, 0.6) is 5.75 Å². The van der Waals surface area contributed by atoms with E-state index in [0.717, 1.165) is 17.9 Å². The van der Waals surface area contributed by atoms with Crippen LogP contribution in [0, 0.1) is 0 Å². The van der Waals surface area contributed by atoms with Crippen molar-refractivity contribution in [3.8, 4) is 5.75 Å². The van der Waals surface area contributed by atoms with Gasteiger partial charge in [0.1, 0.15) is 5.75 Å². The number of benzene rings is 1. The minimum Gasteiger partial charge on any atom is -0.491 e. The summed E-state index contributed by atoms with van der Waals surface area (Å²) in [4.78, 5) is 11.7. The van der Waals surface area contributed by atoms with Crippen molar-refractivity contribution in [2.75, 3.05) is 11.9 Å². The standard InChI is InChI=1S/C15H24N2O2/c1-5-12(4)16-10-15(18)17-13-6-8-14(9-7-13)19-11(2)3/h6-9,11-12,16H,5,10H2,1-4H3,(H,17,18). The van der Waals surface area contributed by atoms with Crippen LogP contribution in [0.25, 0.3) is 0 Å². The number of amides is 1. The minimum absolute atomic E-state index is 0.0298. The number of carbonyl (C=O) groups is 1. The van der Waals surface area contributed by atoms with E-state index in [1.165, 1.54) is 0 Å². The Bertz CT molecular complexity index is 388. The fourth-order valence-electron chi connectivity index (χ4n) is 1.51. The first kappa shape index (κ1) is 15.5. The van der Waals surface area contributed by atoms with E-state index in [2.05, 4.69) is 24.5 Å². The highest BCUT2D eigenvalue weighted by Crippen LogP contribution is 2.16. The summed E-state index contributed by atoms with van der Waals surface area (Å²) < 4.78 is 5.54. The molecule has 0 heterocycles. The van der Waals surface area contributed by atoms with Crippen LogP contribution in [-0.2, 0) is 4.79 Å². The molecule has 1 atom stereocenters. The second-order valence-corrected chi connectivity index (χ2v) is 4.93. The second kappa shape index (κ2) is 7.79. The first-order valence-corrected chi connectivity index (χ1v) is 6.81. The van der Waals surface area contributed by atoms with Gasteiger partial charge in [-0.15, -0.1) is 0 Å². The Balaban J connectivity index is 2.42. The summed E-state index contributed by atoms with van der Waals surface area (Å²) in [7, 11) is 0. The lowest BCUT2D eigenvalue weighted by atomic mass is 10.2. The Morgan fingerprint density at radius 2 is 1.84 bits per heavy atom. The maximum absolute atomic E-state index is 11.7. The molecular weight excluding hydrogens is 240 g/mol. The lowest BCUT2D eigenvalue weighted by molar-refractivity contribution is -0.115. The molecule has 4 heteroatoms. The minimum atomic E-state index is -0.0298. The van der Waals surface area contributed by atoms with Crippen molar-refractivity contribution < 1.29 is 9.53 Å². The summed E-state index contributed by atoms with van der Waals surface area (Å²) >= 11 is 0. The average Bonchev–Trinajstić information content (AvgIpc) is 2.37. The summed E-state index contributed by atoms with van der Waals surface area (Å²) in [6, 6.07) is 7.76. The highest BCUT2D eigenvalue weighted by Gasteiger charge is 2.05. The first-order valence-electron chi connectivity index (χ1n) is 6.81. The van der Waals surface area contributed by atoms with Gasteiger partial charge < -0.3 is 15.4 Å². The Morgan fingerprint density at radius 3 is 2.37 bits per heavy atom. The highest BCUT2D eigenvalue weighted by atomic mass is 16.5. The van der Waals surface area contributed by atoms with E-state index in [0.29, 0.717) is 12.6 Å². The third-order valence-corrected chi connectivity index (χ3v) is 2.73. The van der Waals surface area contributed by atoms with Gasteiger partial charge in [0.25, 0.3) is 0 Å². The molecule has 1 aromatic carbocycles. The van der Waals surface area contributed by atoms with Crippen LogP contribution >= 0.6 is 0 Å². The van der Waals surface area contributed by atoms with Crippen molar-refractivity contribution in [1.82, 2.24) is 5.32 Å². The van der Waals surface area contributed by atoms with E-state index in [1.807, 2.05) is 38.1 Å². The zero-order valence-electron chi connectivity index (χ0n) is 12.2. The lowest BCUT2D eigenvalue weighted by Crippen LogP contribution is -2.33. The molecule has 0 radical (unpaired) electrons. The molecule has 1 rings (SSSR count). The SMILES string of the molecule is CCC(C)NCC(=O)Nc1ccc(OC(C)C)cc1. The van der Waals surface area contributed by atoms with Gasteiger partial charge in [-0.1, -0.05) is 6.92 Å². The number of hydrogen-bond donors (Lipinski definition) is 2. The van der Waals surface area contributed by atoms with Gasteiger partial charge in [-0.05, 0) is 51.5 Å². The van der Waals surface area contributed by atoms with Crippen molar-refractivity contribution >= 4 is 11.6 Å². The largest absolute Gasteiger partial charge is 0.491 e. The van der Waals surface area contributed by atoms with Crippen molar-refractivity contribution in [2.24, 2.45) is 0 Å². The van der Waals surface area contributed by atoms with E-state index in [1.54, 1.807) is 0 Å². The van der Waals surface area contributed by atoms with E-state index in [4.69, 9.17) is 4.74 Å². The van der Waals surface area contributed by atoms with Crippen molar-refractivity contribution in [3.05, 3.63) is 24.3 Å². The molecule has 0 fully saturated rings. The van der Waals surface area contributed by atoms with Gasteiger partial charge in [-0.3, -0.25) is 4.79 Å². The van der Waals surface area contributed by atoms with E-state index < -0.39 is 0 Å². The van der Waals surface area contributed by atoms with Crippen LogP contribution in [0.2, 0.25) is 0 Å². The molecule has 0 bridgehead atoms. The number of anilines is 1. The average molecular weight is 264 g/mol. The predicted octanol–water partition coefficient (Wildman–Crippen LogP) is 2.80. The molecule has 19 heavy (non-hydrogen) atoms. The van der Waals surface area contributed by atoms with Gasteiger partial charge in [-0.25, -0.2) is 0 Å². The Kier molecular flexibility index (Phi) is 6.36. The van der Waals surface area contributed by atoms with Crippen LogP contribution in [0.4, 0.5) is 5.69 Å². The summed E-state index contributed by atoms with van der Waals surface area (Å²) in [5.41, 5.74) is 0.784. The van der Waals surface area contributed by atoms with Gasteiger partial charge in [0.2, 0.25) is 5.91 Å².